The summed E-state index contributed by atoms with van der Waals surface area (Å²) in [5.41, 5.74) is 2.69. The fraction of sp³-hybridized carbons (Fsp3) is 0.480. The quantitative estimate of drug-likeness (QED) is 0.286. The number of nitro groups is 1. The van der Waals surface area contributed by atoms with Gasteiger partial charge in [-0.15, -0.1) is 23.7 Å². The number of pyridine rings is 1. The molecule has 2 amide bonds. The molecule has 3 unspecified atom stereocenters. The molecule has 2 saturated heterocycles. The molecule has 0 radical (unpaired) electrons. The van der Waals surface area contributed by atoms with Gasteiger partial charge in [0.05, 0.1) is 64.2 Å². The molecule has 0 aromatic carbocycles. The van der Waals surface area contributed by atoms with Crippen molar-refractivity contribution < 1.29 is 19.2 Å². The summed E-state index contributed by atoms with van der Waals surface area (Å²) in [4.78, 5) is 43.8. The highest BCUT2D eigenvalue weighted by molar-refractivity contribution is 7.19. The Morgan fingerprint density at radius 3 is 2.65 bits per heavy atom. The number of aromatic nitrogens is 2. The lowest BCUT2D eigenvalue weighted by Crippen LogP contribution is -2.41. The van der Waals surface area contributed by atoms with E-state index < -0.39 is 0 Å². The highest BCUT2D eigenvalue weighted by Crippen LogP contribution is 2.63. The molecular weight excluding hydrogens is 518 g/mol. The highest BCUT2D eigenvalue weighted by atomic mass is 35.5. The topological polar surface area (TPSA) is 120 Å². The molecule has 3 aromatic rings. The van der Waals surface area contributed by atoms with Gasteiger partial charge in [0.15, 0.2) is 0 Å². The molecule has 1 aliphatic carbocycles. The number of carbonyl (C=O) groups is 2. The molecule has 3 aliphatic rings. The summed E-state index contributed by atoms with van der Waals surface area (Å²) in [7, 11) is 0. The first-order valence-electron chi connectivity index (χ1n) is 12.1. The maximum atomic E-state index is 12.8. The summed E-state index contributed by atoms with van der Waals surface area (Å²) in [5.74, 6) is -0.614. The van der Waals surface area contributed by atoms with Gasteiger partial charge in [-0.05, 0) is 24.5 Å². The molecule has 12 heteroatoms. The summed E-state index contributed by atoms with van der Waals surface area (Å²) in [5, 5.41) is 15.1. The minimum absolute atomic E-state index is 0. The number of ether oxygens (including phenoxy) is 1. The Morgan fingerprint density at radius 1 is 1.27 bits per heavy atom. The third-order valence-corrected chi connectivity index (χ3v) is 9.01. The number of halogens is 1. The number of carbonyl (C=O) groups excluding carboxylic acids is 2. The predicted molar refractivity (Wildman–Crippen MR) is 141 cm³/mol. The molecule has 0 bridgehead atoms. The van der Waals surface area contributed by atoms with Gasteiger partial charge in [0, 0.05) is 35.8 Å². The Hall–Kier alpha value is -2.86. The van der Waals surface area contributed by atoms with Crippen LogP contribution in [-0.2, 0) is 27.4 Å². The minimum atomic E-state index is -0.356. The number of amides is 2. The number of nitrogens with one attached hydrogen (secondary N) is 1. The zero-order valence-electron chi connectivity index (χ0n) is 20.7. The van der Waals surface area contributed by atoms with Crippen molar-refractivity contribution in [1.82, 2.24) is 19.8 Å². The van der Waals surface area contributed by atoms with Crippen molar-refractivity contribution in [1.29, 1.82) is 0 Å². The second-order valence-electron chi connectivity index (χ2n) is 10.4. The van der Waals surface area contributed by atoms with Crippen LogP contribution >= 0.6 is 23.7 Å². The maximum absolute atomic E-state index is 12.8. The van der Waals surface area contributed by atoms with Crippen molar-refractivity contribution in [2.45, 2.75) is 40.0 Å². The van der Waals surface area contributed by atoms with E-state index in [4.69, 9.17) is 4.74 Å². The number of imide groups is 1. The van der Waals surface area contributed by atoms with Gasteiger partial charge in [-0.2, -0.15) is 0 Å². The van der Waals surface area contributed by atoms with Gasteiger partial charge in [-0.3, -0.25) is 29.6 Å². The van der Waals surface area contributed by atoms with Crippen LogP contribution in [0.1, 0.15) is 24.4 Å². The second-order valence-corrected chi connectivity index (χ2v) is 11.5. The number of piperidine rings is 1. The molecule has 3 atom stereocenters. The van der Waals surface area contributed by atoms with Gasteiger partial charge in [0.2, 0.25) is 11.8 Å². The zero-order chi connectivity index (χ0) is 25.4. The summed E-state index contributed by atoms with van der Waals surface area (Å²) in [6.45, 7) is 8.47. The monoisotopic (exact) mass is 545 g/mol. The van der Waals surface area contributed by atoms with Crippen molar-refractivity contribution in [3.63, 3.8) is 0 Å². The number of hydrogen-bond acceptors (Lipinski definition) is 8. The Labute approximate surface area is 223 Å². The fourth-order valence-electron chi connectivity index (χ4n) is 5.80. The summed E-state index contributed by atoms with van der Waals surface area (Å²) < 4.78 is 8.70. The molecule has 6 rings (SSSR count). The van der Waals surface area contributed by atoms with E-state index >= 15 is 0 Å². The molecule has 1 saturated carbocycles. The van der Waals surface area contributed by atoms with Gasteiger partial charge >= 0.3 is 0 Å². The van der Waals surface area contributed by atoms with Crippen molar-refractivity contribution in [3.05, 3.63) is 45.1 Å². The van der Waals surface area contributed by atoms with Gasteiger partial charge in [0.1, 0.15) is 0 Å². The predicted octanol–water partition coefficient (Wildman–Crippen LogP) is 3.53. The lowest BCUT2D eigenvalue weighted by atomic mass is 10.1. The van der Waals surface area contributed by atoms with E-state index in [-0.39, 0.29) is 64.7 Å². The first-order valence-corrected chi connectivity index (χ1v) is 12.9. The average Bonchev–Trinajstić information content (AvgIpc) is 3.14. The molecule has 10 nitrogen and oxygen atoms in total. The Bertz CT molecular complexity index is 1400. The van der Waals surface area contributed by atoms with E-state index in [1.807, 2.05) is 30.5 Å². The molecule has 3 fully saturated rings. The average molecular weight is 546 g/mol. The van der Waals surface area contributed by atoms with E-state index in [9.17, 15) is 19.7 Å². The molecule has 37 heavy (non-hydrogen) atoms. The van der Waals surface area contributed by atoms with Crippen LogP contribution in [0.4, 0.5) is 5.69 Å². The Kier molecular flexibility index (Phi) is 6.38. The number of likely N-dealkylation sites (tertiary alicyclic amines) is 1. The largest absolute Gasteiger partial charge is 0.374 e. The first-order chi connectivity index (χ1) is 17.2. The minimum Gasteiger partial charge on any atom is -0.374 e. The third kappa shape index (κ3) is 4.04. The van der Waals surface area contributed by atoms with Crippen LogP contribution in [0.25, 0.3) is 21.5 Å². The van der Waals surface area contributed by atoms with E-state index in [0.29, 0.717) is 25.4 Å². The zero-order valence-corrected chi connectivity index (χ0v) is 22.4. The lowest BCUT2D eigenvalue weighted by Gasteiger charge is -2.25. The van der Waals surface area contributed by atoms with Crippen LogP contribution in [0.5, 0.6) is 0 Å². The Balaban J connectivity index is 0.00000280. The smallest absolute Gasteiger partial charge is 0.290 e. The van der Waals surface area contributed by atoms with Gasteiger partial charge in [0.25, 0.3) is 5.69 Å². The summed E-state index contributed by atoms with van der Waals surface area (Å²) >= 11 is 1.47. The van der Waals surface area contributed by atoms with Crippen molar-refractivity contribution in [3.8, 4) is 11.3 Å². The van der Waals surface area contributed by atoms with Crippen LogP contribution in [0.15, 0.2) is 24.4 Å². The molecule has 3 aromatic heterocycles. The van der Waals surface area contributed by atoms with Gasteiger partial charge in [-0.1, -0.05) is 13.8 Å². The van der Waals surface area contributed by atoms with Crippen LogP contribution in [0.3, 0.4) is 0 Å². The van der Waals surface area contributed by atoms with Crippen LogP contribution < -0.4 is 5.32 Å². The van der Waals surface area contributed by atoms with Crippen LogP contribution in [-0.4, -0.2) is 57.0 Å². The van der Waals surface area contributed by atoms with Crippen molar-refractivity contribution in [2.75, 3.05) is 19.7 Å². The third-order valence-electron chi connectivity index (χ3n) is 7.87. The number of fused-ring (bicyclic) bond motifs is 2. The highest BCUT2D eigenvalue weighted by Gasteiger charge is 2.72. The van der Waals surface area contributed by atoms with E-state index in [1.54, 1.807) is 19.2 Å². The molecule has 5 heterocycles. The second kappa shape index (κ2) is 9.16. The molecular formula is C25H28ClN5O5S. The summed E-state index contributed by atoms with van der Waals surface area (Å²) in [6.07, 6.45) is 1.59. The molecule has 0 spiro atoms. The number of morpholine rings is 1. The molecule has 1 N–H and O–H groups in total. The van der Waals surface area contributed by atoms with Gasteiger partial charge in [-0.25, -0.2) is 0 Å². The summed E-state index contributed by atoms with van der Waals surface area (Å²) in [6, 6.07) is 5.38. The number of thiophene rings is 1. The first kappa shape index (κ1) is 25.8. The fourth-order valence-corrected chi connectivity index (χ4v) is 6.92. The maximum Gasteiger partial charge on any atom is 0.290 e. The number of rotatable bonds is 6. The molecule has 196 valence electrons. The Morgan fingerprint density at radius 2 is 2.00 bits per heavy atom. The van der Waals surface area contributed by atoms with E-state index in [1.165, 1.54) is 16.2 Å². The number of nitrogens with zero attached hydrogens (tertiary/aromatic N) is 4. The van der Waals surface area contributed by atoms with Crippen LogP contribution in [0, 0.1) is 34.3 Å². The van der Waals surface area contributed by atoms with Gasteiger partial charge < -0.3 is 14.6 Å². The molecule has 2 aliphatic heterocycles. The van der Waals surface area contributed by atoms with E-state index in [2.05, 4.69) is 10.3 Å². The number of hydrogen-bond donors (Lipinski definition) is 1. The van der Waals surface area contributed by atoms with E-state index in [0.717, 1.165) is 32.9 Å². The van der Waals surface area contributed by atoms with Crippen molar-refractivity contribution >= 4 is 51.5 Å². The normalized spacial score (nSPS) is 24.3. The SMILES string of the molecule is Cc1c([N+](=O)[O-])cc(-c2ccnc3cc(CN4C(=O)C5C(C4=O)C5(C)C)sc23)n1CC1CNCCO1.Cl. The van der Waals surface area contributed by atoms with Crippen LogP contribution in [0.2, 0.25) is 0 Å². The van der Waals surface area contributed by atoms with Crippen molar-refractivity contribution in [2.24, 2.45) is 17.3 Å². The standard InChI is InChI=1S/C25H27N5O5S.ClH/c1-13-18(30(33)34)9-19(28(13)11-14-10-26-6-7-35-14)16-4-5-27-17-8-15(36-22(16)17)12-29-23(31)20-21(24(29)32)25(20,2)3;/h4-5,8-9,14,20-21,26H,6-7,10-12H2,1-3H3;1H. The lowest BCUT2D eigenvalue weighted by molar-refractivity contribution is -0.385.